The average molecular weight is 739 g/mol. The van der Waals surface area contributed by atoms with Gasteiger partial charge in [0.15, 0.2) is 4.90 Å². The van der Waals surface area contributed by atoms with E-state index in [1.807, 2.05) is 78.9 Å². The highest BCUT2D eigenvalue weighted by Gasteiger charge is 2.50. The van der Waals surface area contributed by atoms with Crippen molar-refractivity contribution in [3.8, 4) is 0 Å². The first-order valence-electron chi connectivity index (χ1n) is 15.9. The molecular weight excluding hydrogens is 702 g/mol. The van der Waals surface area contributed by atoms with Crippen LogP contribution in [-0.2, 0) is 20.4 Å². The van der Waals surface area contributed by atoms with E-state index in [9.17, 15) is 18.5 Å². The first-order valence-corrected chi connectivity index (χ1v) is 18.2. The Morgan fingerprint density at radius 1 is 0.796 bits per heavy atom. The molecule has 0 spiro atoms. The number of nitrogens with zero attached hydrogens (tertiary/aromatic N) is 2. The fourth-order valence-electron chi connectivity index (χ4n) is 6.89. The van der Waals surface area contributed by atoms with Gasteiger partial charge in [-0.15, -0.1) is 6.58 Å². The van der Waals surface area contributed by atoms with Gasteiger partial charge in [0.05, 0.1) is 11.5 Å². The second-order valence-corrected chi connectivity index (χ2v) is 14.5. The van der Waals surface area contributed by atoms with E-state index in [4.69, 9.17) is 4.74 Å². The van der Waals surface area contributed by atoms with Crippen LogP contribution in [0, 0.1) is 10.1 Å². The fourth-order valence-corrected chi connectivity index (χ4v) is 8.38. The summed E-state index contributed by atoms with van der Waals surface area (Å²) in [5.74, 6) is -0.137. The normalized spacial score (nSPS) is 18.0. The molecule has 5 aromatic rings. The molecule has 0 bridgehead atoms. The number of hydrogen-bond donors (Lipinski definition) is 1. The highest BCUT2D eigenvalue weighted by Crippen LogP contribution is 2.45. The van der Waals surface area contributed by atoms with Gasteiger partial charge in [0, 0.05) is 41.6 Å². The number of nitro groups is 1. The topological polar surface area (TPSA) is 102 Å². The zero-order valence-electron chi connectivity index (χ0n) is 26.6. The van der Waals surface area contributed by atoms with Gasteiger partial charge in [0.2, 0.25) is 10.0 Å². The van der Waals surface area contributed by atoms with E-state index in [-0.39, 0.29) is 29.4 Å². The Kier molecular flexibility index (Phi) is 10.5. The van der Waals surface area contributed by atoms with Crippen LogP contribution in [0.3, 0.4) is 0 Å². The minimum absolute atomic E-state index is 0.0284. The van der Waals surface area contributed by atoms with Gasteiger partial charge in [-0.25, -0.2) is 13.1 Å². The van der Waals surface area contributed by atoms with E-state index >= 15 is 0 Å². The Morgan fingerprint density at radius 2 is 1.31 bits per heavy atom. The maximum absolute atomic E-state index is 13.5. The van der Waals surface area contributed by atoms with E-state index in [2.05, 4.69) is 68.5 Å². The molecular formula is C39H36BrN3O5S. The summed E-state index contributed by atoms with van der Waals surface area (Å²) in [6.45, 7) is 4.81. The zero-order valence-corrected chi connectivity index (χ0v) is 29.0. The Labute approximate surface area is 295 Å². The van der Waals surface area contributed by atoms with E-state index in [0.29, 0.717) is 13.2 Å². The van der Waals surface area contributed by atoms with Gasteiger partial charge in [-0.1, -0.05) is 137 Å². The van der Waals surface area contributed by atoms with Crippen LogP contribution in [0.1, 0.15) is 28.2 Å². The summed E-state index contributed by atoms with van der Waals surface area (Å²) in [6, 6.07) is 43.4. The lowest BCUT2D eigenvalue weighted by atomic mass is 9.74. The molecule has 0 aromatic heterocycles. The van der Waals surface area contributed by atoms with E-state index in [0.717, 1.165) is 26.7 Å². The smallest absolute Gasteiger partial charge is 0.289 e. The number of nitro benzene ring substituents is 1. The number of nitrogens with one attached hydrogen (secondary N) is 1. The van der Waals surface area contributed by atoms with Crippen molar-refractivity contribution >= 4 is 31.6 Å². The Morgan fingerprint density at radius 3 is 1.82 bits per heavy atom. The molecule has 8 nitrogen and oxygen atoms in total. The van der Waals surface area contributed by atoms with Gasteiger partial charge < -0.3 is 4.74 Å². The number of likely N-dealkylation sites (tertiary alicyclic amines) is 1. The molecule has 1 N–H and O–H groups in total. The van der Waals surface area contributed by atoms with E-state index in [1.165, 1.54) is 24.3 Å². The van der Waals surface area contributed by atoms with Crippen molar-refractivity contribution in [2.24, 2.45) is 0 Å². The molecule has 49 heavy (non-hydrogen) atoms. The number of benzene rings is 5. The van der Waals surface area contributed by atoms with Crippen molar-refractivity contribution < 1.29 is 18.1 Å². The van der Waals surface area contributed by atoms with Crippen LogP contribution in [0.25, 0.3) is 0 Å². The molecule has 0 aliphatic carbocycles. The lowest BCUT2D eigenvalue weighted by Gasteiger charge is -2.56. The van der Waals surface area contributed by atoms with Gasteiger partial charge in [0.25, 0.3) is 5.69 Å². The Hall–Kier alpha value is -4.45. The van der Waals surface area contributed by atoms with Crippen molar-refractivity contribution in [1.82, 2.24) is 9.62 Å². The van der Waals surface area contributed by atoms with Crippen molar-refractivity contribution in [3.05, 3.63) is 189 Å². The van der Waals surface area contributed by atoms with Crippen molar-refractivity contribution in [2.75, 3.05) is 19.7 Å². The molecule has 0 amide bonds. The molecule has 10 heteroatoms. The summed E-state index contributed by atoms with van der Waals surface area (Å²) < 4.78 is 37.8. The third-order valence-corrected chi connectivity index (χ3v) is 11.1. The predicted molar refractivity (Wildman–Crippen MR) is 195 cm³/mol. The van der Waals surface area contributed by atoms with Crippen molar-refractivity contribution in [2.45, 2.75) is 28.5 Å². The largest absolute Gasteiger partial charge is 0.359 e. The van der Waals surface area contributed by atoms with Gasteiger partial charge >= 0.3 is 0 Å². The number of sulfonamides is 1. The van der Waals surface area contributed by atoms with Crippen LogP contribution >= 0.6 is 15.9 Å². The predicted octanol–water partition coefficient (Wildman–Crippen LogP) is 7.67. The molecule has 250 valence electrons. The summed E-state index contributed by atoms with van der Waals surface area (Å²) in [5, 5.41) is 11.7. The maximum atomic E-state index is 13.5. The van der Waals surface area contributed by atoms with Crippen LogP contribution in [-0.4, -0.2) is 50.0 Å². The molecule has 0 radical (unpaired) electrons. The van der Waals surface area contributed by atoms with Crippen LogP contribution < -0.4 is 4.72 Å². The van der Waals surface area contributed by atoms with Gasteiger partial charge in [0.1, 0.15) is 5.60 Å². The molecule has 1 fully saturated rings. The monoisotopic (exact) mass is 737 g/mol. The molecule has 6 rings (SSSR count). The lowest BCUT2D eigenvalue weighted by Crippen LogP contribution is -2.67. The standard InChI is InChI=1S/C39H36BrN3O5S/c1-2-26-42-35(27-41-49(46,47)37-21-13-12-20-34(37)43(44)45)38(29-22-24-33(40)25-23-29)36(42)28-48-39(30-14-6-3-7-15-30,31-16-8-4-9-17-31)32-18-10-5-11-19-32/h2-25,35-36,38,41H,1,26-28H2/t35-,36+,38+/m0/s1. The molecule has 0 unspecified atom stereocenters. The summed E-state index contributed by atoms with van der Waals surface area (Å²) in [5.41, 5.74) is 2.56. The summed E-state index contributed by atoms with van der Waals surface area (Å²) in [7, 11) is -4.20. The van der Waals surface area contributed by atoms with Crippen LogP contribution in [0.2, 0.25) is 0 Å². The minimum Gasteiger partial charge on any atom is -0.359 e. The van der Waals surface area contributed by atoms with E-state index < -0.39 is 26.2 Å². The highest BCUT2D eigenvalue weighted by molar-refractivity contribution is 9.10. The maximum Gasteiger partial charge on any atom is 0.289 e. The first-order chi connectivity index (χ1) is 23.8. The number of ether oxygens (including phenoxy) is 1. The Bertz CT molecular complexity index is 1900. The molecule has 1 aliphatic heterocycles. The highest BCUT2D eigenvalue weighted by atomic mass is 79.9. The van der Waals surface area contributed by atoms with Gasteiger partial charge in [-0.2, -0.15) is 0 Å². The lowest BCUT2D eigenvalue weighted by molar-refractivity contribution is -0.387. The van der Waals surface area contributed by atoms with Crippen LogP contribution in [0.5, 0.6) is 0 Å². The zero-order chi connectivity index (χ0) is 34.4. The number of halogens is 1. The first kappa shape index (κ1) is 34.4. The summed E-state index contributed by atoms with van der Waals surface area (Å²) in [4.78, 5) is 12.8. The summed E-state index contributed by atoms with van der Waals surface area (Å²) in [6.07, 6.45) is 1.80. The second kappa shape index (κ2) is 15.0. The number of hydrogen-bond acceptors (Lipinski definition) is 6. The summed E-state index contributed by atoms with van der Waals surface area (Å²) >= 11 is 3.54. The van der Waals surface area contributed by atoms with E-state index in [1.54, 1.807) is 6.08 Å². The second-order valence-electron chi connectivity index (χ2n) is 11.9. The van der Waals surface area contributed by atoms with Crippen molar-refractivity contribution in [1.29, 1.82) is 0 Å². The molecule has 1 heterocycles. The number of para-hydroxylation sites is 1. The van der Waals surface area contributed by atoms with Gasteiger partial charge in [-0.05, 0) is 40.5 Å². The quantitative estimate of drug-likeness (QED) is 0.0544. The molecule has 0 saturated carbocycles. The third-order valence-electron chi connectivity index (χ3n) is 9.12. The van der Waals surface area contributed by atoms with Gasteiger partial charge in [-0.3, -0.25) is 15.0 Å². The Balaban J connectivity index is 1.38. The van der Waals surface area contributed by atoms with Crippen LogP contribution in [0.15, 0.2) is 162 Å². The molecule has 3 atom stereocenters. The average Bonchev–Trinajstić information content (AvgIpc) is 3.13. The minimum atomic E-state index is -4.20. The van der Waals surface area contributed by atoms with Crippen LogP contribution in [0.4, 0.5) is 5.69 Å². The molecule has 5 aromatic carbocycles. The number of rotatable bonds is 14. The molecule has 1 saturated heterocycles. The molecule has 1 aliphatic rings. The third kappa shape index (κ3) is 7.01. The van der Waals surface area contributed by atoms with Crippen molar-refractivity contribution in [3.63, 3.8) is 0 Å². The fraction of sp³-hybridized carbons (Fsp3) is 0.179. The SMILES string of the molecule is C=CCN1[C@H](COC(c2ccccc2)(c2ccccc2)c2ccccc2)[C@H](c2ccc(Br)cc2)[C@@H]1CNS(=O)(=O)c1ccccc1[N+](=O)[O-].